The third-order valence-electron chi connectivity index (χ3n) is 5.58. The lowest BCUT2D eigenvalue weighted by molar-refractivity contribution is -0.129. The van der Waals surface area contributed by atoms with E-state index in [1.807, 2.05) is 37.3 Å². The van der Waals surface area contributed by atoms with Gasteiger partial charge in [-0.2, -0.15) is 5.10 Å². The highest BCUT2D eigenvalue weighted by molar-refractivity contribution is 9.10. The molecule has 0 aliphatic rings. The fourth-order valence-corrected chi connectivity index (χ4v) is 3.83. The molecular formula is C32H26BrN3O5. The third-order valence-corrected chi connectivity index (χ3v) is 6.11. The van der Waals surface area contributed by atoms with Crippen molar-refractivity contribution >= 4 is 51.7 Å². The monoisotopic (exact) mass is 611 g/mol. The minimum Gasteiger partial charge on any atom is -0.490 e. The summed E-state index contributed by atoms with van der Waals surface area (Å²) in [7, 11) is 0. The first kappa shape index (κ1) is 29.0. The van der Waals surface area contributed by atoms with Gasteiger partial charge in [0.25, 0.3) is 11.8 Å². The lowest BCUT2D eigenvalue weighted by Gasteiger charge is -2.10. The molecular weight excluding hydrogens is 586 g/mol. The summed E-state index contributed by atoms with van der Waals surface area (Å²) in [4.78, 5) is 37.2. The number of ether oxygens (including phenoxy) is 2. The summed E-state index contributed by atoms with van der Waals surface area (Å²) in [6, 6.07) is 27.8. The minimum absolute atomic E-state index is 0.254. The van der Waals surface area contributed by atoms with Crippen molar-refractivity contribution in [2.24, 2.45) is 5.10 Å². The quantitative estimate of drug-likeness (QED) is 0.0701. The molecule has 0 atom stereocenters. The molecule has 0 aliphatic carbocycles. The van der Waals surface area contributed by atoms with E-state index in [0.717, 1.165) is 10.0 Å². The van der Waals surface area contributed by atoms with Crippen LogP contribution >= 0.6 is 15.9 Å². The molecule has 4 aromatic carbocycles. The SMILES string of the molecule is CCOc1cc(/C=N\NC(=O)c2ccc(NC(=O)c3ccc(Br)cc3)cc2)ccc1OC(=O)/C=C/c1ccccc1. The van der Waals surface area contributed by atoms with Crippen LogP contribution in [0.5, 0.6) is 11.5 Å². The molecule has 2 N–H and O–H groups in total. The fraction of sp³-hybridized carbons (Fsp3) is 0.0625. The van der Waals surface area contributed by atoms with Crippen molar-refractivity contribution in [1.82, 2.24) is 5.43 Å². The maximum Gasteiger partial charge on any atom is 0.336 e. The Balaban J connectivity index is 1.33. The number of amides is 2. The highest BCUT2D eigenvalue weighted by Crippen LogP contribution is 2.28. The Labute approximate surface area is 245 Å². The zero-order valence-corrected chi connectivity index (χ0v) is 23.6. The largest absolute Gasteiger partial charge is 0.490 e. The summed E-state index contributed by atoms with van der Waals surface area (Å²) in [5.74, 6) is -0.585. The number of halogens is 1. The number of hydrogen-bond acceptors (Lipinski definition) is 6. The highest BCUT2D eigenvalue weighted by Gasteiger charge is 2.11. The zero-order chi connectivity index (χ0) is 29.0. The van der Waals surface area contributed by atoms with Crippen LogP contribution in [0.25, 0.3) is 6.08 Å². The lowest BCUT2D eigenvalue weighted by atomic mass is 10.1. The van der Waals surface area contributed by atoms with Gasteiger partial charge >= 0.3 is 5.97 Å². The number of nitrogens with one attached hydrogen (secondary N) is 2. The first-order valence-corrected chi connectivity index (χ1v) is 13.4. The average Bonchev–Trinajstić information content (AvgIpc) is 2.98. The molecule has 41 heavy (non-hydrogen) atoms. The maximum atomic E-state index is 12.5. The molecule has 4 rings (SSSR count). The molecule has 0 fully saturated rings. The molecule has 8 nitrogen and oxygen atoms in total. The van der Waals surface area contributed by atoms with Gasteiger partial charge in [0, 0.05) is 27.4 Å². The number of hydrogen-bond donors (Lipinski definition) is 2. The van der Waals surface area contributed by atoms with Gasteiger partial charge in [-0.3, -0.25) is 9.59 Å². The van der Waals surface area contributed by atoms with Crippen LogP contribution < -0.4 is 20.2 Å². The summed E-state index contributed by atoms with van der Waals surface area (Å²) in [6.07, 6.45) is 4.47. The van der Waals surface area contributed by atoms with E-state index in [2.05, 4.69) is 31.8 Å². The maximum absolute atomic E-state index is 12.5. The number of carbonyl (C=O) groups excluding carboxylic acids is 3. The molecule has 206 valence electrons. The van der Waals surface area contributed by atoms with Crippen molar-refractivity contribution < 1.29 is 23.9 Å². The molecule has 4 aromatic rings. The smallest absolute Gasteiger partial charge is 0.336 e. The standard InChI is InChI=1S/C32H26BrN3O5/c1-2-40-29-20-23(8-18-28(29)41-30(37)19-9-22-6-4-3-5-7-22)21-34-36-32(39)25-12-16-27(17-13-25)35-31(38)24-10-14-26(33)15-11-24/h3-21H,2H2,1H3,(H,35,38)(H,36,39)/b19-9+,34-21-. The van der Waals surface area contributed by atoms with E-state index in [4.69, 9.17) is 9.47 Å². The van der Waals surface area contributed by atoms with Crippen molar-refractivity contribution in [3.63, 3.8) is 0 Å². The van der Waals surface area contributed by atoms with E-state index >= 15 is 0 Å². The Morgan fingerprint density at radius 2 is 1.49 bits per heavy atom. The Morgan fingerprint density at radius 3 is 2.20 bits per heavy atom. The number of nitrogens with zero attached hydrogens (tertiary/aromatic N) is 1. The predicted molar refractivity (Wildman–Crippen MR) is 162 cm³/mol. The van der Waals surface area contributed by atoms with Gasteiger partial charge in [-0.15, -0.1) is 0 Å². The number of rotatable bonds is 10. The Hall–Kier alpha value is -5.02. The van der Waals surface area contributed by atoms with Gasteiger partial charge in [-0.05, 0) is 90.9 Å². The molecule has 0 radical (unpaired) electrons. The van der Waals surface area contributed by atoms with Gasteiger partial charge in [0.1, 0.15) is 0 Å². The van der Waals surface area contributed by atoms with Crippen LogP contribution in [0, 0.1) is 0 Å². The van der Waals surface area contributed by atoms with Crippen molar-refractivity contribution in [3.8, 4) is 11.5 Å². The number of benzene rings is 4. The van der Waals surface area contributed by atoms with Gasteiger partial charge in [0.15, 0.2) is 11.5 Å². The van der Waals surface area contributed by atoms with Gasteiger partial charge in [-0.25, -0.2) is 10.2 Å². The van der Waals surface area contributed by atoms with Crippen LogP contribution in [0.3, 0.4) is 0 Å². The molecule has 0 aliphatic heterocycles. The van der Waals surface area contributed by atoms with Crippen LogP contribution in [0.1, 0.15) is 38.8 Å². The first-order valence-electron chi connectivity index (χ1n) is 12.6. The molecule has 0 unspecified atom stereocenters. The molecule has 0 spiro atoms. The van der Waals surface area contributed by atoms with Gasteiger partial charge in [0.2, 0.25) is 0 Å². The van der Waals surface area contributed by atoms with E-state index in [0.29, 0.717) is 34.7 Å². The summed E-state index contributed by atoms with van der Waals surface area (Å²) in [6.45, 7) is 2.18. The second-order valence-corrected chi connectivity index (χ2v) is 9.46. The molecule has 0 heterocycles. The Morgan fingerprint density at radius 1 is 0.805 bits per heavy atom. The van der Waals surface area contributed by atoms with Crippen LogP contribution in [-0.2, 0) is 4.79 Å². The zero-order valence-electron chi connectivity index (χ0n) is 22.0. The van der Waals surface area contributed by atoms with Crippen LogP contribution in [0.2, 0.25) is 0 Å². The van der Waals surface area contributed by atoms with Crippen LogP contribution in [0.4, 0.5) is 5.69 Å². The molecule has 0 saturated carbocycles. The van der Waals surface area contributed by atoms with Crippen molar-refractivity contribution in [3.05, 3.63) is 130 Å². The van der Waals surface area contributed by atoms with Crippen LogP contribution in [-0.4, -0.2) is 30.6 Å². The Bertz CT molecular complexity index is 1570. The normalized spacial score (nSPS) is 10.9. The van der Waals surface area contributed by atoms with E-state index in [1.54, 1.807) is 72.8 Å². The molecule has 0 aromatic heterocycles. The fourth-order valence-electron chi connectivity index (χ4n) is 3.57. The summed E-state index contributed by atoms with van der Waals surface area (Å²) in [5, 5.41) is 6.81. The highest BCUT2D eigenvalue weighted by atomic mass is 79.9. The summed E-state index contributed by atoms with van der Waals surface area (Å²) < 4.78 is 12.0. The van der Waals surface area contributed by atoms with E-state index < -0.39 is 11.9 Å². The minimum atomic E-state index is -0.539. The Kier molecular flexibility index (Phi) is 10.2. The van der Waals surface area contributed by atoms with Gasteiger partial charge < -0.3 is 14.8 Å². The van der Waals surface area contributed by atoms with Crippen LogP contribution in [0.15, 0.2) is 113 Å². The van der Waals surface area contributed by atoms with E-state index in [1.165, 1.54) is 12.3 Å². The molecule has 2 amide bonds. The van der Waals surface area contributed by atoms with E-state index in [9.17, 15) is 14.4 Å². The average molecular weight is 612 g/mol. The second kappa shape index (κ2) is 14.4. The topological polar surface area (TPSA) is 106 Å². The van der Waals surface area contributed by atoms with Gasteiger partial charge in [0.05, 0.1) is 12.8 Å². The predicted octanol–water partition coefficient (Wildman–Crippen LogP) is 6.48. The second-order valence-electron chi connectivity index (χ2n) is 8.54. The van der Waals surface area contributed by atoms with Gasteiger partial charge in [-0.1, -0.05) is 46.3 Å². The van der Waals surface area contributed by atoms with Crippen molar-refractivity contribution in [2.75, 3.05) is 11.9 Å². The lowest BCUT2D eigenvalue weighted by Crippen LogP contribution is -2.18. The molecule has 0 saturated heterocycles. The summed E-state index contributed by atoms with van der Waals surface area (Å²) in [5.41, 5.74) is 5.41. The first-order chi connectivity index (χ1) is 19.9. The molecule has 9 heteroatoms. The van der Waals surface area contributed by atoms with Crippen molar-refractivity contribution in [1.29, 1.82) is 0 Å². The number of anilines is 1. The number of carbonyl (C=O) groups is 3. The molecule has 0 bridgehead atoms. The van der Waals surface area contributed by atoms with E-state index in [-0.39, 0.29) is 11.7 Å². The number of esters is 1. The third kappa shape index (κ3) is 8.74. The summed E-state index contributed by atoms with van der Waals surface area (Å²) >= 11 is 3.34. The number of hydrazone groups is 1. The van der Waals surface area contributed by atoms with Crippen molar-refractivity contribution in [2.45, 2.75) is 6.92 Å².